The minimum Gasteiger partial charge on any atom is -0.323 e. The molecule has 0 aliphatic rings. The van der Waals surface area contributed by atoms with Gasteiger partial charge in [-0.15, -0.1) is 10.2 Å². The number of thioether (sulfide) groups is 1. The summed E-state index contributed by atoms with van der Waals surface area (Å²) >= 11 is 1.11. The van der Waals surface area contributed by atoms with Gasteiger partial charge < -0.3 is 5.32 Å². The Morgan fingerprint density at radius 2 is 1.96 bits per heavy atom. The van der Waals surface area contributed by atoms with Crippen molar-refractivity contribution in [1.29, 1.82) is 0 Å². The highest BCUT2D eigenvalue weighted by atomic mass is 32.2. The number of aromatic nitrogens is 3. The molecule has 2 heterocycles. The SMILES string of the molecule is C[C@@H](Sc1nnc2ccccn12)C(=O)Nc1ccc(F)c(F)c1F. The van der Waals surface area contributed by atoms with Crippen LogP contribution in [0.5, 0.6) is 0 Å². The Bertz CT molecular complexity index is 915. The van der Waals surface area contributed by atoms with Crippen molar-refractivity contribution in [3.05, 3.63) is 54.0 Å². The second-order valence-corrected chi connectivity index (χ2v) is 6.19. The molecule has 0 fully saturated rings. The first-order valence-corrected chi connectivity index (χ1v) is 7.76. The van der Waals surface area contributed by atoms with Crippen LogP contribution in [0.3, 0.4) is 0 Å². The molecule has 0 saturated heterocycles. The van der Waals surface area contributed by atoms with Crippen LogP contribution in [-0.4, -0.2) is 25.8 Å². The summed E-state index contributed by atoms with van der Waals surface area (Å²) in [4.78, 5) is 12.2. The van der Waals surface area contributed by atoms with Crippen LogP contribution >= 0.6 is 11.8 Å². The summed E-state index contributed by atoms with van der Waals surface area (Å²) in [6, 6.07) is 7.08. The number of anilines is 1. The average Bonchev–Trinajstić information content (AvgIpc) is 2.98. The molecule has 0 aliphatic carbocycles. The molecule has 0 saturated carbocycles. The number of fused-ring (bicyclic) bond motifs is 1. The minimum atomic E-state index is -1.63. The van der Waals surface area contributed by atoms with Crippen molar-refractivity contribution in [1.82, 2.24) is 14.6 Å². The molecular formula is C15H11F3N4OS. The van der Waals surface area contributed by atoms with E-state index in [1.165, 1.54) is 0 Å². The monoisotopic (exact) mass is 352 g/mol. The lowest BCUT2D eigenvalue weighted by molar-refractivity contribution is -0.115. The third-order valence-electron chi connectivity index (χ3n) is 3.23. The van der Waals surface area contributed by atoms with Gasteiger partial charge in [-0.2, -0.15) is 0 Å². The Kier molecular flexibility index (Phi) is 4.43. The van der Waals surface area contributed by atoms with Crippen LogP contribution in [-0.2, 0) is 4.79 Å². The molecule has 1 atom stereocenters. The van der Waals surface area contributed by atoms with E-state index in [1.54, 1.807) is 35.7 Å². The maximum Gasteiger partial charge on any atom is 0.237 e. The number of pyridine rings is 1. The molecule has 0 bridgehead atoms. The Labute approximate surface area is 138 Å². The quantitative estimate of drug-likeness (QED) is 0.578. The molecule has 1 aromatic carbocycles. The molecule has 0 unspecified atom stereocenters. The maximum atomic E-state index is 13.6. The van der Waals surface area contributed by atoms with Gasteiger partial charge in [0.2, 0.25) is 5.91 Å². The second kappa shape index (κ2) is 6.52. The zero-order valence-electron chi connectivity index (χ0n) is 12.3. The molecule has 24 heavy (non-hydrogen) atoms. The first kappa shape index (κ1) is 16.3. The summed E-state index contributed by atoms with van der Waals surface area (Å²) in [5.41, 5.74) is 0.205. The zero-order chi connectivity index (χ0) is 17.3. The van der Waals surface area contributed by atoms with Gasteiger partial charge in [-0.1, -0.05) is 17.8 Å². The van der Waals surface area contributed by atoms with Crippen molar-refractivity contribution in [2.45, 2.75) is 17.3 Å². The highest BCUT2D eigenvalue weighted by Gasteiger charge is 2.21. The molecule has 1 N–H and O–H groups in total. The highest BCUT2D eigenvalue weighted by molar-refractivity contribution is 8.00. The van der Waals surface area contributed by atoms with E-state index in [9.17, 15) is 18.0 Å². The summed E-state index contributed by atoms with van der Waals surface area (Å²) in [5.74, 6) is -4.95. The zero-order valence-corrected chi connectivity index (χ0v) is 13.1. The lowest BCUT2D eigenvalue weighted by Gasteiger charge is -2.12. The third-order valence-corrected chi connectivity index (χ3v) is 4.28. The Morgan fingerprint density at radius 3 is 2.75 bits per heavy atom. The van der Waals surface area contributed by atoms with Gasteiger partial charge >= 0.3 is 0 Å². The van der Waals surface area contributed by atoms with Gasteiger partial charge in [0.15, 0.2) is 28.3 Å². The number of benzene rings is 1. The fraction of sp³-hybridized carbons (Fsp3) is 0.133. The molecule has 0 spiro atoms. The third kappa shape index (κ3) is 3.07. The summed E-state index contributed by atoms with van der Waals surface area (Å²) < 4.78 is 41.4. The number of carbonyl (C=O) groups excluding carboxylic acids is 1. The largest absolute Gasteiger partial charge is 0.323 e. The molecular weight excluding hydrogens is 341 g/mol. The van der Waals surface area contributed by atoms with Gasteiger partial charge in [-0.25, -0.2) is 13.2 Å². The molecule has 0 aliphatic heterocycles. The number of hydrogen-bond acceptors (Lipinski definition) is 4. The van der Waals surface area contributed by atoms with Gasteiger partial charge in [0.1, 0.15) is 0 Å². The van der Waals surface area contributed by atoms with Crippen LogP contribution in [0.1, 0.15) is 6.92 Å². The van der Waals surface area contributed by atoms with Gasteiger partial charge in [0, 0.05) is 6.20 Å². The highest BCUT2D eigenvalue weighted by Crippen LogP contribution is 2.24. The Balaban J connectivity index is 1.75. The molecule has 3 aromatic rings. The van der Waals surface area contributed by atoms with Crippen molar-refractivity contribution in [3.8, 4) is 0 Å². The van der Waals surface area contributed by atoms with E-state index in [1.807, 2.05) is 0 Å². The molecule has 124 valence electrons. The predicted molar refractivity (Wildman–Crippen MR) is 83.3 cm³/mol. The van der Waals surface area contributed by atoms with Gasteiger partial charge in [0.05, 0.1) is 10.9 Å². The van der Waals surface area contributed by atoms with Crippen LogP contribution in [0.15, 0.2) is 41.7 Å². The van der Waals surface area contributed by atoms with E-state index in [4.69, 9.17) is 0 Å². The molecule has 3 rings (SSSR count). The summed E-state index contributed by atoms with van der Waals surface area (Å²) in [6.07, 6.45) is 1.75. The van der Waals surface area contributed by atoms with Crippen molar-refractivity contribution >= 4 is 29.0 Å². The number of hydrogen-bond donors (Lipinski definition) is 1. The van der Waals surface area contributed by atoms with Crippen LogP contribution < -0.4 is 5.32 Å². The van der Waals surface area contributed by atoms with Crippen LogP contribution in [0.25, 0.3) is 5.65 Å². The first-order chi connectivity index (χ1) is 11.5. The van der Waals surface area contributed by atoms with E-state index >= 15 is 0 Å². The van der Waals surface area contributed by atoms with E-state index < -0.39 is 34.3 Å². The topological polar surface area (TPSA) is 59.3 Å². The molecule has 9 heteroatoms. The number of nitrogens with one attached hydrogen (secondary N) is 1. The predicted octanol–water partition coefficient (Wildman–Crippen LogP) is 3.27. The lowest BCUT2D eigenvalue weighted by atomic mass is 10.2. The van der Waals surface area contributed by atoms with Crippen LogP contribution in [0.2, 0.25) is 0 Å². The maximum absolute atomic E-state index is 13.6. The van der Waals surface area contributed by atoms with Crippen molar-refractivity contribution < 1.29 is 18.0 Å². The Hall–Kier alpha value is -2.55. The number of nitrogens with zero attached hydrogens (tertiary/aromatic N) is 3. The number of halogens is 3. The number of amides is 1. The van der Waals surface area contributed by atoms with Crippen molar-refractivity contribution in [3.63, 3.8) is 0 Å². The number of carbonyl (C=O) groups is 1. The lowest BCUT2D eigenvalue weighted by Crippen LogP contribution is -2.23. The summed E-state index contributed by atoms with van der Waals surface area (Å²) in [7, 11) is 0. The normalized spacial score (nSPS) is 12.3. The molecule has 1 amide bonds. The molecule has 0 radical (unpaired) electrons. The van der Waals surface area contributed by atoms with Gasteiger partial charge in [0.25, 0.3) is 0 Å². The van der Waals surface area contributed by atoms with Gasteiger partial charge in [-0.3, -0.25) is 9.20 Å². The fourth-order valence-corrected chi connectivity index (χ4v) is 2.81. The standard InChI is InChI=1S/C15H11F3N4OS/c1-8(24-15-21-20-11-4-2-3-7-22(11)15)14(23)19-10-6-5-9(16)12(17)13(10)18/h2-8H,1H3,(H,19,23)/t8-/m1/s1. The number of rotatable bonds is 4. The van der Waals surface area contributed by atoms with E-state index in [0.717, 1.165) is 23.9 Å². The van der Waals surface area contributed by atoms with Crippen molar-refractivity contribution in [2.24, 2.45) is 0 Å². The fourth-order valence-electron chi connectivity index (χ4n) is 1.97. The van der Waals surface area contributed by atoms with Crippen molar-refractivity contribution in [2.75, 3.05) is 5.32 Å². The van der Waals surface area contributed by atoms with Crippen LogP contribution in [0, 0.1) is 17.5 Å². The summed E-state index contributed by atoms with van der Waals surface area (Å²) in [5, 5.41) is 10.0. The van der Waals surface area contributed by atoms with Crippen LogP contribution in [0.4, 0.5) is 18.9 Å². The average molecular weight is 352 g/mol. The molecule has 2 aromatic heterocycles. The van der Waals surface area contributed by atoms with Gasteiger partial charge in [-0.05, 0) is 31.2 Å². The summed E-state index contributed by atoms with van der Waals surface area (Å²) in [6.45, 7) is 1.59. The van der Waals surface area contributed by atoms with E-state index in [-0.39, 0.29) is 0 Å². The van der Waals surface area contributed by atoms with E-state index in [2.05, 4.69) is 15.5 Å². The second-order valence-electron chi connectivity index (χ2n) is 4.88. The first-order valence-electron chi connectivity index (χ1n) is 6.88. The molecule has 5 nitrogen and oxygen atoms in total. The minimum absolute atomic E-state index is 0.419. The van der Waals surface area contributed by atoms with E-state index in [0.29, 0.717) is 10.8 Å². The smallest absolute Gasteiger partial charge is 0.237 e. The Morgan fingerprint density at radius 1 is 1.17 bits per heavy atom.